The van der Waals surface area contributed by atoms with Crippen molar-refractivity contribution >= 4 is 33.0 Å². The van der Waals surface area contributed by atoms with Crippen molar-refractivity contribution in [2.75, 3.05) is 12.1 Å². The van der Waals surface area contributed by atoms with Gasteiger partial charge in [-0.25, -0.2) is 13.4 Å². The smallest absolute Gasteiger partial charge is 0.386 e. The SMILES string of the molecule is CS(=O)(=O)c1ccc(N=C(N)CCl)cc1C(F)(F)F. The van der Waals surface area contributed by atoms with Crippen molar-refractivity contribution in [3.63, 3.8) is 0 Å². The third kappa shape index (κ3) is 4.10. The maximum atomic E-state index is 12.8. The van der Waals surface area contributed by atoms with Gasteiger partial charge in [0, 0.05) is 6.26 Å². The van der Waals surface area contributed by atoms with E-state index >= 15 is 0 Å². The van der Waals surface area contributed by atoms with Crippen LogP contribution in [0.15, 0.2) is 28.1 Å². The van der Waals surface area contributed by atoms with E-state index in [4.69, 9.17) is 17.3 Å². The van der Waals surface area contributed by atoms with Crippen LogP contribution in [0.5, 0.6) is 0 Å². The molecule has 1 rings (SSSR count). The summed E-state index contributed by atoms with van der Waals surface area (Å²) in [6.45, 7) is 0. The lowest BCUT2D eigenvalue weighted by atomic mass is 10.2. The average molecular weight is 315 g/mol. The number of nitrogens with zero attached hydrogens (tertiary/aromatic N) is 1. The molecule has 0 spiro atoms. The van der Waals surface area contributed by atoms with Gasteiger partial charge in [-0.15, -0.1) is 11.6 Å². The van der Waals surface area contributed by atoms with Crippen molar-refractivity contribution in [2.24, 2.45) is 10.7 Å². The molecule has 0 aliphatic rings. The Balaban J connectivity index is 3.49. The zero-order chi connectivity index (χ0) is 14.8. The molecule has 1 aromatic carbocycles. The van der Waals surface area contributed by atoms with Gasteiger partial charge in [0.2, 0.25) is 0 Å². The van der Waals surface area contributed by atoms with Crippen molar-refractivity contribution in [3.8, 4) is 0 Å². The predicted octanol–water partition coefficient (Wildman–Crippen LogP) is 2.34. The largest absolute Gasteiger partial charge is 0.417 e. The Labute approximate surface area is 113 Å². The molecule has 0 heterocycles. The van der Waals surface area contributed by atoms with Crippen LogP contribution in [0, 0.1) is 0 Å². The Kier molecular flexibility index (Phi) is 4.46. The van der Waals surface area contributed by atoms with Crippen LogP contribution in [-0.4, -0.2) is 26.4 Å². The summed E-state index contributed by atoms with van der Waals surface area (Å²) in [6, 6.07) is 2.60. The van der Waals surface area contributed by atoms with E-state index in [1.54, 1.807) is 0 Å². The molecule has 0 unspecified atom stereocenters. The van der Waals surface area contributed by atoms with Crippen LogP contribution in [0.3, 0.4) is 0 Å². The second kappa shape index (κ2) is 5.38. The predicted molar refractivity (Wildman–Crippen MR) is 66.6 cm³/mol. The number of hydrogen-bond donors (Lipinski definition) is 1. The average Bonchev–Trinajstić information content (AvgIpc) is 2.26. The minimum absolute atomic E-state index is 0.0677. The fourth-order valence-electron chi connectivity index (χ4n) is 1.33. The Hall–Kier alpha value is -1.28. The second-order valence-electron chi connectivity index (χ2n) is 3.69. The van der Waals surface area contributed by atoms with Gasteiger partial charge in [0.25, 0.3) is 0 Å². The molecule has 0 fully saturated rings. The van der Waals surface area contributed by atoms with E-state index in [0.717, 1.165) is 12.1 Å². The van der Waals surface area contributed by atoms with Gasteiger partial charge in [-0.3, -0.25) is 0 Å². The second-order valence-corrected chi connectivity index (χ2v) is 5.94. The number of sulfone groups is 1. The first-order valence-electron chi connectivity index (χ1n) is 4.86. The van der Waals surface area contributed by atoms with Gasteiger partial charge in [0.15, 0.2) is 9.84 Å². The summed E-state index contributed by atoms with van der Waals surface area (Å²) in [6.07, 6.45) is -4.10. The minimum atomic E-state index is -4.81. The molecule has 4 nitrogen and oxygen atoms in total. The molecule has 0 aromatic heterocycles. The highest BCUT2D eigenvalue weighted by Crippen LogP contribution is 2.36. The lowest BCUT2D eigenvalue weighted by Gasteiger charge is -2.12. The number of alkyl halides is 4. The first kappa shape index (κ1) is 15.8. The Bertz CT molecular complexity index is 612. The van der Waals surface area contributed by atoms with Gasteiger partial charge in [0.05, 0.1) is 22.0 Å². The quantitative estimate of drug-likeness (QED) is 0.529. The number of rotatable bonds is 3. The van der Waals surface area contributed by atoms with Crippen LogP contribution in [0.2, 0.25) is 0 Å². The summed E-state index contributed by atoms with van der Waals surface area (Å²) in [7, 11) is -3.99. The monoisotopic (exact) mass is 314 g/mol. The van der Waals surface area contributed by atoms with Crippen molar-refractivity contribution in [2.45, 2.75) is 11.1 Å². The summed E-state index contributed by atoms with van der Waals surface area (Å²) >= 11 is 5.36. The molecule has 0 saturated carbocycles. The normalized spacial score (nSPS) is 13.6. The maximum Gasteiger partial charge on any atom is 0.417 e. The van der Waals surface area contributed by atoms with Gasteiger partial charge in [-0.2, -0.15) is 13.2 Å². The number of benzene rings is 1. The summed E-state index contributed by atoms with van der Waals surface area (Å²) in [5.74, 6) is -0.211. The van der Waals surface area contributed by atoms with Crippen LogP contribution in [0.25, 0.3) is 0 Å². The van der Waals surface area contributed by atoms with Gasteiger partial charge in [-0.05, 0) is 18.2 Å². The van der Waals surface area contributed by atoms with Gasteiger partial charge >= 0.3 is 6.18 Å². The van der Waals surface area contributed by atoms with Crippen molar-refractivity contribution in [1.82, 2.24) is 0 Å². The van der Waals surface area contributed by atoms with Crippen molar-refractivity contribution < 1.29 is 21.6 Å². The standard InChI is InChI=1S/C10H10ClF3N2O2S/c1-19(17,18)8-3-2-6(16-9(15)5-11)4-7(8)10(12,13)14/h2-4H,5H2,1H3,(H2,15,16). The summed E-state index contributed by atoms with van der Waals surface area (Å²) in [5.41, 5.74) is 3.91. The van der Waals surface area contributed by atoms with Crippen LogP contribution < -0.4 is 5.73 Å². The third-order valence-electron chi connectivity index (χ3n) is 2.08. The van der Waals surface area contributed by atoms with Gasteiger partial charge < -0.3 is 5.73 Å². The molecule has 1 aromatic rings. The minimum Gasteiger partial charge on any atom is -0.386 e. The fraction of sp³-hybridized carbons (Fsp3) is 0.300. The highest BCUT2D eigenvalue weighted by atomic mass is 35.5. The first-order valence-corrected chi connectivity index (χ1v) is 7.28. The molecule has 0 aliphatic heterocycles. The van der Waals surface area contributed by atoms with Crippen LogP contribution in [0.4, 0.5) is 18.9 Å². The molecular formula is C10H10ClF3N2O2S. The third-order valence-corrected chi connectivity index (χ3v) is 3.51. The maximum absolute atomic E-state index is 12.8. The van der Waals surface area contributed by atoms with E-state index in [1.165, 1.54) is 0 Å². The topological polar surface area (TPSA) is 72.5 Å². The lowest BCUT2D eigenvalue weighted by Crippen LogP contribution is -2.14. The van der Waals surface area contributed by atoms with Crippen molar-refractivity contribution in [1.29, 1.82) is 0 Å². The molecule has 0 atom stereocenters. The Morgan fingerprint density at radius 3 is 2.42 bits per heavy atom. The molecular weight excluding hydrogens is 305 g/mol. The first-order chi connectivity index (χ1) is 8.55. The molecule has 0 saturated heterocycles. The zero-order valence-electron chi connectivity index (χ0n) is 9.70. The fourth-order valence-corrected chi connectivity index (χ4v) is 2.28. The number of amidine groups is 1. The van der Waals surface area contributed by atoms with E-state index in [-0.39, 0.29) is 17.4 Å². The molecule has 9 heteroatoms. The van der Waals surface area contributed by atoms with E-state index in [1.807, 2.05) is 0 Å². The molecule has 2 N–H and O–H groups in total. The number of aliphatic imine (C=N–C) groups is 1. The van der Waals surface area contributed by atoms with E-state index in [0.29, 0.717) is 12.3 Å². The van der Waals surface area contributed by atoms with Gasteiger partial charge in [-0.1, -0.05) is 0 Å². The zero-order valence-corrected chi connectivity index (χ0v) is 11.3. The molecule has 0 bridgehead atoms. The van der Waals surface area contributed by atoms with Crippen molar-refractivity contribution in [3.05, 3.63) is 23.8 Å². The van der Waals surface area contributed by atoms with E-state index in [9.17, 15) is 21.6 Å². The summed E-state index contributed by atoms with van der Waals surface area (Å²) in [5, 5.41) is 0. The molecule has 0 aliphatic carbocycles. The van der Waals surface area contributed by atoms with E-state index < -0.39 is 26.5 Å². The number of nitrogens with two attached hydrogens (primary N) is 1. The summed E-state index contributed by atoms with van der Waals surface area (Å²) < 4.78 is 61.0. The number of hydrogen-bond acceptors (Lipinski definition) is 3. The lowest BCUT2D eigenvalue weighted by molar-refractivity contribution is -0.139. The molecule has 106 valence electrons. The molecule has 0 amide bonds. The number of halogens is 4. The Morgan fingerprint density at radius 2 is 2.00 bits per heavy atom. The Morgan fingerprint density at radius 1 is 1.42 bits per heavy atom. The summed E-state index contributed by atoms with van der Waals surface area (Å²) in [4.78, 5) is 2.84. The molecule has 0 radical (unpaired) electrons. The van der Waals surface area contributed by atoms with Gasteiger partial charge in [0.1, 0.15) is 5.84 Å². The molecule has 19 heavy (non-hydrogen) atoms. The van der Waals surface area contributed by atoms with E-state index in [2.05, 4.69) is 4.99 Å². The highest BCUT2D eigenvalue weighted by Gasteiger charge is 2.36. The highest BCUT2D eigenvalue weighted by molar-refractivity contribution is 7.90. The van der Waals surface area contributed by atoms with Crippen LogP contribution >= 0.6 is 11.6 Å². The van der Waals surface area contributed by atoms with Crippen LogP contribution in [-0.2, 0) is 16.0 Å². The van der Waals surface area contributed by atoms with Crippen LogP contribution in [0.1, 0.15) is 5.56 Å².